The molecule has 1 aromatic carbocycles. The van der Waals surface area contributed by atoms with Gasteiger partial charge in [0.25, 0.3) is 0 Å². The first-order valence-electron chi connectivity index (χ1n) is 10.8. The van der Waals surface area contributed by atoms with E-state index in [9.17, 15) is 9.90 Å². The molecule has 156 valence electrons. The van der Waals surface area contributed by atoms with Crippen LogP contribution in [0.25, 0.3) is 0 Å². The molecule has 6 heteroatoms. The highest BCUT2D eigenvalue weighted by Gasteiger charge is 2.36. The summed E-state index contributed by atoms with van der Waals surface area (Å²) >= 11 is 0. The van der Waals surface area contributed by atoms with Crippen LogP contribution in [-0.4, -0.2) is 58.5 Å². The predicted molar refractivity (Wildman–Crippen MR) is 114 cm³/mol. The van der Waals surface area contributed by atoms with Crippen LogP contribution in [0, 0.1) is 0 Å². The molecule has 6 nitrogen and oxygen atoms in total. The van der Waals surface area contributed by atoms with E-state index in [0.717, 1.165) is 54.2 Å². The molecule has 0 aliphatic carbocycles. The van der Waals surface area contributed by atoms with E-state index in [1.807, 2.05) is 42.6 Å². The molecule has 0 radical (unpaired) electrons. The quantitative estimate of drug-likeness (QED) is 0.799. The largest absolute Gasteiger partial charge is 0.396 e. The van der Waals surface area contributed by atoms with Gasteiger partial charge in [0.1, 0.15) is 11.6 Å². The van der Waals surface area contributed by atoms with Crippen LogP contribution in [0.5, 0.6) is 0 Å². The third-order valence-electron chi connectivity index (χ3n) is 6.37. The van der Waals surface area contributed by atoms with Crippen LogP contribution in [0.1, 0.15) is 47.6 Å². The second-order valence-electron chi connectivity index (χ2n) is 8.54. The van der Waals surface area contributed by atoms with Gasteiger partial charge in [0.2, 0.25) is 0 Å². The molecule has 2 fully saturated rings. The van der Waals surface area contributed by atoms with E-state index >= 15 is 0 Å². The molecule has 2 aromatic rings. The number of carbonyl (C=O) groups is 1. The average Bonchev–Trinajstić information content (AvgIpc) is 3.34. The first kappa shape index (κ1) is 19.4. The standard InChI is InChI=1S/C24H27N3O3/c28-15-18(16-4-2-1-3-5-16)9-20(29)10-19-8-17-11-26-24(23(17)12-25-19)27-13-21-6-7-22(14-27)30-21/h1-5,8,12,18,21-22,28H,6-7,9-11,13-15H2/t18-,21?,22?/m1/s1. The molecular weight excluding hydrogens is 378 g/mol. The van der Waals surface area contributed by atoms with E-state index in [0.29, 0.717) is 25.2 Å². The maximum absolute atomic E-state index is 12.6. The van der Waals surface area contributed by atoms with Gasteiger partial charge < -0.3 is 14.7 Å². The van der Waals surface area contributed by atoms with Gasteiger partial charge in [-0.2, -0.15) is 0 Å². The summed E-state index contributed by atoms with van der Waals surface area (Å²) in [6, 6.07) is 11.7. The van der Waals surface area contributed by atoms with Crippen LogP contribution in [0.3, 0.4) is 0 Å². The van der Waals surface area contributed by atoms with Crippen LogP contribution in [0.2, 0.25) is 0 Å². The van der Waals surface area contributed by atoms with Gasteiger partial charge in [0.15, 0.2) is 0 Å². The molecule has 1 N–H and O–H groups in total. The van der Waals surface area contributed by atoms with E-state index in [-0.39, 0.29) is 24.7 Å². The van der Waals surface area contributed by atoms with Crippen molar-refractivity contribution in [1.82, 2.24) is 9.88 Å². The number of aliphatic hydroxyl groups excluding tert-OH is 1. The fourth-order valence-electron chi connectivity index (χ4n) is 4.84. The molecule has 5 rings (SSSR count). The number of hydrogen-bond donors (Lipinski definition) is 1. The van der Waals surface area contributed by atoms with Crippen molar-refractivity contribution in [3.8, 4) is 0 Å². The lowest BCUT2D eigenvalue weighted by Crippen LogP contribution is -2.45. The Morgan fingerprint density at radius 3 is 2.70 bits per heavy atom. The lowest BCUT2D eigenvalue weighted by Gasteiger charge is -2.33. The van der Waals surface area contributed by atoms with Gasteiger partial charge in [-0.25, -0.2) is 0 Å². The highest BCUT2D eigenvalue weighted by molar-refractivity contribution is 6.02. The van der Waals surface area contributed by atoms with Gasteiger partial charge in [-0.1, -0.05) is 30.3 Å². The van der Waals surface area contributed by atoms with Crippen LogP contribution in [0.15, 0.2) is 47.6 Å². The Hall–Kier alpha value is -2.57. The molecule has 0 spiro atoms. The third-order valence-corrected chi connectivity index (χ3v) is 6.37. The highest BCUT2D eigenvalue weighted by atomic mass is 16.5. The number of rotatable bonds is 6. The molecule has 30 heavy (non-hydrogen) atoms. The normalized spacial score (nSPS) is 23.2. The van der Waals surface area contributed by atoms with Crippen LogP contribution in [-0.2, 0) is 22.5 Å². The van der Waals surface area contributed by atoms with Crippen LogP contribution < -0.4 is 0 Å². The molecule has 1 aromatic heterocycles. The zero-order valence-corrected chi connectivity index (χ0v) is 17.0. The summed E-state index contributed by atoms with van der Waals surface area (Å²) in [5, 5.41) is 9.72. The zero-order valence-electron chi connectivity index (χ0n) is 17.0. The number of fused-ring (bicyclic) bond motifs is 3. The highest BCUT2D eigenvalue weighted by Crippen LogP contribution is 2.30. The summed E-state index contributed by atoms with van der Waals surface area (Å²) in [7, 11) is 0. The topological polar surface area (TPSA) is 75.0 Å². The van der Waals surface area contributed by atoms with E-state index in [4.69, 9.17) is 9.73 Å². The van der Waals surface area contributed by atoms with Gasteiger partial charge in [-0.05, 0) is 30.0 Å². The van der Waals surface area contributed by atoms with Crippen molar-refractivity contribution in [3.63, 3.8) is 0 Å². The Labute approximate surface area is 176 Å². The lowest BCUT2D eigenvalue weighted by atomic mass is 9.93. The molecule has 2 bridgehead atoms. The minimum absolute atomic E-state index is 0.0356. The number of likely N-dealkylation sites (tertiary alicyclic amines) is 1. The number of ketones is 1. The van der Waals surface area contributed by atoms with Crippen molar-refractivity contribution in [2.24, 2.45) is 4.99 Å². The Morgan fingerprint density at radius 2 is 1.97 bits per heavy atom. The summed E-state index contributed by atoms with van der Waals surface area (Å²) in [5.74, 6) is 0.953. The molecule has 0 saturated carbocycles. The summed E-state index contributed by atoms with van der Waals surface area (Å²) in [5.41, 5.74) is 4.00. The second-order valence-corrected chi connectivity index (χ2v) is 8.54. The Morgan fingerprint density at radius 1 is 1.20 bits per heavy atom. The zero-order chi connectivity index (χ0) is 20.5. The van der Waals surface area contributed by atoms with E-state index in [2.05, 4.69) is 9.88 Å². The number of Topliss-reactive ketones (excluding diaryl/α,β-unsaturated/α-hetero) is 1. The molecule has 4 heterocycles. The summed E-state index contributed by atoms with van der Waals surface area (Å²) < 4.78 is 5.94. The lowest BCUT2D eigenvalue weighted by molar-refractivity contribution is -0.119. The number of hydrogen-bond acceptors (Lipinski definition) is 6. The van der Waals surface area contributed by atoms with Crippen molar-refractivity contribution in [2.45, 2.75) is 50.4 Å². The minimum atomic E-state index is -0.167. The molecule has 3 atom stereocenters. The Kier molecular flexibility index (Phi) is 5.35. The summed E-state index contributed by atoms with van der Waals surface area (Å²) in [6.07, 6.45) is 5.40. The van der Waals surface area contributed by atoms with Crippen molar-refractivity contribution in [1.29, 1.82) is 0 Å². The molecule has 2 unspecified atom stereocenters. The summed E-state index contributed by atoms with van der Waals surface area (Å²) in [6.45, 7) is 2.41. The van der Waals surface area contributed by atoms with Gasteiger partial charge in [0, 0.05) is 49.3 Å². The van der Waals surface area contributed by atoms with Crippen LogP contribution >= 0.6 is 0 Å². The second kappa shape index (κ2) is 8.28. The van der Waals surface area contributed by atoms with Gasteiger partial charge >= 0.3 is 0 Å². The molecule has 3 aliphatic heterocycles. The number of carbonyl (C=O) groups excluding carboxylic acids is 1. The number of amidine groups is 1. The Balaban J connectivity index is 1.24. The first-order chi connectivity index (χ1) is 14.7. The maximum Gasteiger partial charge on any atom is 0.139 e. The van der Waals surface area contributed by atoms with Gasteiger partial charge in [-0.15, -0.1) is 0 Å². The number of aliphatic imine (C=N–C) groups is 1. The molecule has 3 aliphatic rings. The predicted octanol–water partition coefficient (Wildman–Crippen LogP) is 2.48. The first-order valence-corrected chi connectivity index (χ1v) is 10.8. The maximum atomic E-state index is 12.6. The van der Waals surface area contributed by atoms with Gasteiger partial charge in [-0.3, -0.25) is 14.8 Å². The van der Waals surface area contributed by atoms with Crippen LogP contribution in [0.4, 0.5) is 0 Å². The monoisotopic (exact) mass is 405 g/mol. The number of aromatic nitrogens is 1. The molecule has 0 amide bonds. The number of benzene rings is 1. The fraction of sp³-hybridized carbons (Fsp3) is 0.458. The average molecular weight is 405 g/mol. The third kappa shape index (κ3) is 3.89. The van der Waals surface area contributed by atoms with Crippen molar-refractivity contribution in [3.05, 3.63) is 65.0 Å². The minimum Gasteiger partial charge on any atom is -0.396 e. The van der Waals surface area contributed by atoms with Crippen molar-refractivity contribution in [2.75, 3.05) is 19.7 Å². The van der Waals surface area contributed by atoms with E-state index < -0.39 is 0 Å². The van der Waals surface area contributed by atoms with Crippen molar-refractivity contribution < 1.29 is 14.6 Å². The number of pyridine rings is 1. The SMILES string of the molecule is O=C(Cc1cc2c(cn1)C(N1CC3CCC(C1)O3)=NC2)C[C@H](CO)c1ccccc1. The fourth-order valence-corrected chi connectivity index (χ4v) is 4.84. The number of morpholine rings is 1. The molecular formula is C24H27N3O3. The van der Waals surface area contributed by atoms with Crippen molar-refractivity contribution >= 4 is 11.6 Å². The smallest absolute Gasteiger partial charge is 0.139 e. The summed E-state index contributed by atoms with van der Waals surface area (Å²) in [4.78, 5) is 24.3. The molecule has 2 saturated heterocycles. The number of nitrogens with zero attached hydrogens (tertiary/aromatic N) is 3. The Bertz CT molecular complexity index is 947. The van der Waals surface area contributed by atoms with Gasteiger partial charge in [0.05, 0.1) is 25.4 Å². The number of ether oxygens (including phenoxy) is 1. The van der Waals surface area contributed by atoms with E-state index in [1.165, 1.54) is 0 Å². The van der Waals surface area contributed by atoms with E-state index in [1.54, 1.807) is 0 Å². The number of aliphatic hydroxyl groups is 1.